The van der Waals surface area contributed by atoms with Crippen molar-refractivity contribution in [1.29, 1.82) is 0 Å². The molecule has 1 aromatic carbocycles. The van der Waals surface area contributed by atoms with Gasteiger partial charge in [-0.3, -0.25) is 9.59 Å². The van der Waals surface area contributed by atoms with Gasteiger partial charge in [0.25, 0.3) is 0 Å². The molecule has 0 aliphatic carbocycles. The number of aromatic nitrogens is 2. The average molecular weight is 420 g/mol. The van der Waals surface area contributed by atoms with Crippen molar-refractivity contribution in [3.63, 3.8) is 0 Å². The van der Waals surface area contributed by atoms with Gasteiger partial charge in [-0.1, -0.05) is 24.3 Å². The zero-order valence-electron chi connectivity index (χ0n) is 17.5. The fraction of sp³-hybridized carbons (Fsp3) is 0.391. The maximum Gasteiger partial charge on any atom is 0.230 e. The molecule has 4 atom stereocenters. The maximum absolute atomic E-state index is 13.4. The fourth-order valence-corrected chi connectivity index (χ4v) is 4.97. The number of ether oxygens (including phenoxy) is 2. The molecule has 0 radical (unpaired) electrons. The highest BCUT2D eigenvalue weighted by atomic mass is 16.5. The number of rotatable bonds is 6. The van der Waals surface area contributed by atoms with E-state index in [-0.39, 0.29) is 17.9 Å². The summed E-state index contributed by atoms with van der Waals surface area (Å²) in [5, 5.41) is 0. The number of benzene rings is 1. The van der Waals surface area contributed by atoms with Crippen LogP contribution >= 0.6 is 0 Å². The lowest BCUT2D eigenvalue weighted by Gasteiger charge is -2.27. The number of nitrogens with zero attached hydrogens (tertiary/aromatic N) is 4. The second kappa shape index (κ2) is 7.46. The molecule has 1 aromatic heterocycles. The first kappa shape index (κ1) is 19.7. The zero-order valence-corrected chi connectivity index (χ0v) is 17.5. The summed E-state index contributed by atoms with van der Waals surface area (Å²) in [7, 11) is 3.36. The Kier molecular flexibility index (Phi) is 4.74. The quantitative estimate of drug-likeness (QED) is 0.658. The molecule has 2 amide bonds. The van der Waals surface area contributed by atoms with Crippen LogP contribution in [-0.2, 0) is 27.4 Å². The predicted molar refractivity (Wildman–Crippen MR) is 111 cm³/mol. The van der Waals surface area contributed by atoms with Gasteiger partial charge in [0, 0.05) is 19.8 Å². The normalized spacial score (nSPS) is 28.1. The van der Waals surface area contributed by atoms with Crippen LogP contribution in [0.15, 0.2) is 55.0 Å². The second-order valence-electron chi connectivity index (χ2n) is 8.34. The predicted octanol–water partition coefficient (Wildman–Crippen LogP) is 1.43. The van der Waals surface area contributed by atoms with Gasteiger partial charge in [0.1, 0.15) is 17.7 Å². The maximum atomic E-state index is 13.4. The van der Waals surface area contributed by atoms with Crippen molar-refractivity contribution in [2.75, 3.05) is 20.7 Å². The van der Waals surface area contributed by atoms with Crippen molar-refractivity contribution in [2.24, 2.45) is 11.8 Å². The van der Waals surface area contributed by atoms with Crippen molar-refractivity contribution in [2.45, 2.75) is 24.8 Å². The van der Waals surface area contributed by atoms with Crippen molar-refractivity contribution in [3.05, 3.63) is 66.3 Å². The molecule has 3 aliphatic heterocycles. The largest absolute Gasteiger partial charge is 0.497 e. The van der Waals surface area contributed by atoms with Crippen LogP contribution in [0, 0.1) is 11.8 Å². The third-order valence-electron chi connectivity index (χ3n) is 6.39. The molecular weight excluding hydrogens is 396 g/mol. The van der Waals surface area contributed by atoms with Gasteiger partial charge < -0.3 is 19.3 Å². The molecule has 2 saturated heterocycles. The van der Waals surface area contributed by atoms with Crippen LogP contribution in [0.2, 0.25) is 0 Å². The summed E-state index contributed by atoms with van der Waals surface area (Å²) in [5.74, 6) is -0.424. The van der Waals surface area contributed by atoms with Crippen LogP contribution in [0.25, 0.3) is 0 Å². The first-order valence-corrected chi connectivity index (χ1v) is 10.3. The Morgan fingerprint density at radius 2 is 2.26 bits per heavy atom. The minimum Gasteiger partial charge on any atom is -0.497 e. The van der Waals surface area contributed by atoms with Crippen LogP contribution < -0.4 is 4.74 Å². The molecule has 8 heteroatoms. The summed E-state index contributed by atoms with van der Waals surface area (Å²) in [6.07, 6.45) is 6.65. The van der Waals surface area contributed by atoms with E-state index >= 15 is 0 Å². The number of methoxy groups -OCH3 is 1. The van der Waals surface area contributed by atoms with Crippen LogP contribution in [-0.4, -0.2) is 64.0 Å². The van der Waals surface area contributed by atoms with Crippen LogP contribution in [0.1, 0.15) is 11.3 Å². The zero-order chi connectivity index (χ0) is 21.6. The Hall–Kier alpha value is -3.26. The molecule has 5 rings (SSSR count). The summed E-state index contributed by atoms with van der Waals surface area (Å²) in [6, 6.07) is 9.45. The molecule has 8 nitrogen and oxygen atoms in total. The molecule has 2 fully saturated rings. The van der Waals surface area contributed by atoms with Crippen LogP contribution in [0.4, 0.5) is 0 Å². The summed E-state index contributed by atoms with van der Waals surface area (Å²) >= 11 is 0. The number of fused-ring (bicyclic) bond motifs is 1. The average Bonchev–Trinajstić information content (AvgIpc) is 3.42. The monoisotopic (exact) mass is 420 g/mol. The smallest absolute Gasteiger partial charge is 0.230 e. The molecule has 4 heterocycles. The first-order valence-electron chi connectivity index (χ1n) is 10.3. The van der Waals surface area contributed by atoms with Crippen LogP contribution in [0.3, 0.4) is 0 Å². The number of likely N-dealkylation sites (tertiary alicyclic amines) is 1. The van der Waals surface area contributed by atoms with Gasteiger partial charge in [0.15, 0.2) is 0 Å². The Morgan fingerprint density at radius 1 is 1.39 bits per heavy atom. The van der Waals surface area contributed by atoms with Crippen molar-refractivity contribution in [3.8, 4) is 5.75 Å². The minimum atomic E-state index is -0.725. The number of amides is 2. The first-order chi connectivity index (χ1) is 15.0. The number of carbonyl (C=O) groups is 2. The fourth-order valence-electron chi connectivity index (χ4n) is 4.97. The molecular formula is C23H24N4O4. The third kappa shape index (κ3) is 3.27. The van der Waals surface area contributed by atoms with Gasteiger partial charge in [0.05, 0.1) is 43.8 Å². The molecule has 0 N–H and O–H groups in total. The van der Waals surface area contributed by atoms with Crippen LogP contribution in [0.5, 0.6) is 5.75 Å². The van der Waals surface area contributed by atoms with Gasteiger partial charge in [0.2, 0.25) is 11.8 Å². The summed E-state index contributed by atoms with van der Waals surface area (Å²) in [6.45, 7) is 1.25. The van der Waals surface area contributed by atoms with Gasteiger partial charge in [-0.2, -0.15) is 0 Å². The summed E-state index contributed by atoms with van der Waals surface area (Å²) in [5.41, 5.74) is 1.00. The van der Waals surface area contributed by atoms with E-state index < -0.39 is 17.4 Å². The molecule has 0 saturated carbocycles. The van der Waals surface area contributed by atoms with Gasteiger partial charge in [-0.15, -0.1) is 0 Å². The van der Waals surface area contributed by atoms with E-state index in [4.69, 9.17) is 9.47 Å². The molecule has 1 spiro atoms. The van der Waals surface area contributed by atoms with Gasteiger partial charge in [-0.05, 0) is 23.8 Å². The van der Waals surface area contributed by atoms with Crippen molar-refractivity contribution in [1.82, 2.24) is 19.8 Å². The SMILES string of the molecule is COc1cccc(CN2C[C@]34C=C[C@H](O3)[C@H](C(=O)N(C)Cc3ccncn3)[C@H]4C2=O)c1. The number of hydrogen-bond acceptors (Lipinski definition) is 6. The summed E-state index contributed by atoms with van der Waals surface area (Å²) < 4.78 is 11.5. The topological polar surface area (TPSA) is 84.9 Å². The Morgan fingerprint density at radius 3 is 3.03 bits per heavy atom. The second-order valence-corrected chi connectivity index (χ2v) is 8.34. The van der Waals surface area contributed by atoms with E-state index in [1.807, 2.05) is 36.4 Å². The third-order valence-corrected chi connectivity index (χ3v) is 6.39. The number of carbonyl (C=O) groups excluding carboxylic acids is 2. The molecule has 0 unspecified atom stereocenters. The molecule has 2 aromatic rings. The molecule has 3 aliphatic rings. The van der Waals surface area contributed by atoms with Crippen molar-refractivity contribution >= 4 is 11.8 Å². The Labute approximate surface area is 180 Å². The summed E-state index contributed by atoms with van der Waals surface area (Å²) in [4.78, 5) is 38.3. The lowest BCUT2D eigenvalue weighted by Crippen LogP contribution is -2.44. The van der Waals surface area contributed by atoms with E-state index in [0.717, 1.165) is 17.0 Å². The highest BCUT2D eigenvalue weighted by molar-refractivity contribution is 5.93. The minimum absolute atomic E-state index is 0.0385. The van der Waals surface area contributed by atoms with Crippen molar-refractivity contribution < 1.29 is 19.1 Å². The lowest BCUT2D eigenvalue weighted by atomic mass is 9.76. The number of hydrogen-bond donors (Lipinski definition) is 0. The standard InChI is InChI=1S/C23H24N4O4/c1-26(12-16-7-9-24-14-25-16)21(28)19-18-6-8-23(31-18)13-27(22(29)20(19)23)11-15-4-3-5-17(10-15)30-2/h3-10,14,18-20H,11-13H2,1-2H3/t18-,19-,20-,23-/m0/s1. The molecule has 2 bridgehead atoms. The van der Waals surface area contributed by atoms with E-state index in [1.165, 1.54) is 6.33 Å². The molecule has 31 heavy (non-hydrogen) atoms. The Balaban J connectivity index is 1.35. The van der Waals surface area contributed by atoms with E-state index in [0.29, 0.717) is 19.6 Å². The van der Waals surface area contributed by atoms with Gasteiger partial charge in [-0.25, -0.2) is 9.97 Å². The van der Waals surface area contributed by atoms with Gasteiger partial charge >= 0.3 is 0 Å². The highest BCUT2D eigenvalue weighted by Crippen LogP contribution is 2.52. The highest BCUT2D eigenvalue weighted by Gasteiger charge is 2.67. The van der Waals surface area contributed by atoms with E-state index in [1.54, 1.807) is 36.2 Å². The molecule has 160 valence electrons. The van der Waals surface area contributed by atoms with E-state index in [2.05, 4.69) is 9.97 Å². The Bertz CT molecular complexity index is 1040. The lowest BCUT2D eigenvalue weighted by molar-refractivity contribution is -0.142. The van der Waals surface area contributed by atoms with E-state index in [9.17, 15) is 9.59 Å².